The molecule has 0 spiro atoms. The second-order valence-electron chi connectivity index (χ2n) is 3.77. The summed E-state index contributed by atoms with van der Waals surface area (Å²) in [6, 6.07) is 5.57. The first-order chi connectivity index (χ1) is 6.82. The molecule has 3 nitrogen and oxygen atoms in total. The van der Waals surface area contributed by atoms with Crippen LogP contribution in [0.3, 0.4) is 0 Å². The third-order valence-electron chi connectivity index (χ3n) is 1.79. The highest BCUT2D eigenvalue weighted by Gasteiger charge is 2.23. The molecule has 0 unspecified atom stereocenters. The molecule has 5 heteroatoms. The van der Waals surface area contributed by atoms with E-state index in [4.69, 9.17) is 5.73 Å². The van der Waals surface area contributed by atoms with E-state index >= 15 is 0 Å². The van der Waals surface area contributed by atoms with E-state index in [1.165, 1.54) is 0 Å². The molecule has 0 saturated carbocycles. The number of benzene rings is 1. The Morgan fingerprint density at radius 1 is 1.33 bits per heavy atom. The van der Waals surface area contributed by atoms with Crippen molar-refractivity contribution in [2.45, 2.75) is 19.4 Å². The summed E-state index contributed by atoms with van der Waals surface area (Å²) in [5.41, 5.74) is 5.49. The van der Waals surface area contributed by atoms with Crippen LogP contribution in [0.25, 0.3) is 0 Å². The lowest BCUT2D eigenvalue weighted by Crippen LogP contribution is -2.45. The Bertz CT molecular complexity index is 365. The molecule has 0 atom stereocenters. The monoisotopic (exact) mass is 334 g/mol. The first-order valence-corrected chi connectivity index (χ1v) is 5.95. The van der Waals surface area contributed by atoms with Gasteiger partial charge in [0.25, 0.3) is 0 Å². The normalized spacial score (nSPS) is 11.3. The number of anilines is 1. The molecule has 1 aromatic rings. The van der Waals surface area contributed by atoms with Crippen molar-refractivity contribution in [2.24, 2.45) is 5.73 Å². The molecule has 0 saturated heterocycles. The molecule has 0 aliphatic carbocycles. The van der Waals surface area contributed by atoms with Crippen LogP contribution in [0.4, 0.5) is 5.69 Å². The van der Waals surface area contributed by atoms with Crippen LogP contribution in [0.1, 0.15) is 13.8 Å². The number of hydrogen-bond donors (Lipinski definition) is 2. The highest BCUT2D eigenvalue weighted by atomic mass is 79.9. The van der Waals surface area contributed by atoms with Gasteiger partial charge in [-0.15, -0.1) is 0 Å². The molecule has 1 rings (SSSR count). The van der Waals surface area contributed by atoms with E-state index in [1.54, 1.807) is 13.8 Å². The fraction of sp³-hybridized carbons (Fsp3) is 0.300. The topological polar surface area (TPSA) is 55.1 Å². The van der Waals surface area contributed by atoms with Crippen molar-refractivity contribution in [1.82, 2.24) is 0 Å². The average Bonchev–Trinajstić information content (AvgIpc) is 2.09. The Hall–Kier alpha value is -0.390. The Balaban J connectivity index is 2.95. The van der Waals surface area contributed by atoms with Gasteiger partial charge in [0.15, 0.2) is 0 Å². The molecular formula is C10H12Br2N2O. The summed E-state index contributed by atoms with van der Waals surface area (Å²) in [5, 5.41) is 2.76. The maximum absolute atomic E-state index is 11.7. The van der Waals surface area contributed by atoms with Gasteiger partial charge in [0.1, 0.15) is 0 Å². The molecule has 0 aromatic heterocycles. The van der Waals surface area contributed by atoms with Crippen molar-refractivity contribution in [3.8, 4) is 0 Å². The van der Waals surface area contributed by atoms with Gasteiger partial charge in [0.2, 0.25) is 5.91 Å². The summed E-state index contributed by atoms with van der Waals surface area (Å²) < 4.78 is 1.63. The summed E-state index contributed by atoms with van der Waals surface area (Å²) >= 11 is 6.71. The molecule has 1 aromatic carbocycles. The first kappa shape index (κ1) is 12.7. The number of amides is 1. The van der Waals surface area contributed by atoms with E-state index in [1.807, 2.05) is 18.2 Å². The summed E-state index contributed by atoms with van der Waals surface area (Å²) in [4.78, 5) is 11.7. The van der Waals surface area contributed by atoms with Crippen LogP contribution >= 0.6 is 31.9 Å². The van der Waals surface area contributed by atoms with Crippen molar-refractivity contribution < 1.29 is 4.79 Å². The van der Waals surface area contributed by atoms with Crippen molar-refractivity contribution in [1.29, 1.82) is 0 Å². The second-order valence-corrected chi connectivity index (χ2v) is 5.48. The second kappa shape index (κ2) is 4.63. The Morgan fingerprint density at radius 2 is 1.80 bits per heavy atom. The van der Waals surface area contributed by atoms with Gasteiger partial charge in [-0.3, -0.25) is 4.79 Å². The van der Waals surface area contributed by atoms with Gasteiger partial charge < -0.3 is 11.1 Å². The smallest absolute Gasteiger partial charge is 0.243 e. The van der Waals surface area contributed by atoms with Gasteiger partial charge in [-0.2, -0.15) is 0 Å². The number of hydrogen-bond acceptors (Lipinski definition) is 2. The van der Waals surface area contributed by atoms with Crippen LogP contribution in [0, 0.1) is 0 Å². The molecule has 0 aliphatic rings. The minimum absolute atomic E-state index is 0.227. The number of rotatable bonds is 2. The minimum atomic E-state index is -0.894. The Morgan fingerprint density at radius 3 is 2.20 bits per heavy atom. The molecule has 0 aliphatic heterocycles. The number of nitrogens with two attached hydrogens (primary N) is 1. The maximum Gasteiger partial charge on any atom is 0.243 e. The van der Waals surface area contributed by atoms with Crippen LogP contribution in [0.15, 0.2) is 27.1 Å². The van der Waals surface area contributed by atoms with Gasteiger partial charge in [-0.05, 0) is 57.8 Å². The van der Waals surface area contributed by atoms with Crippen molar-refractivity contribution in [3.05, 3.63) is 27.1 Å². The van der Waals surface area contributed by atoms with Gasteiger partial charge >= 0.3 is 0 Å². The van der Waals surface area contributed by atoms with E-state index in [9.17, 15) is 4.79 Å². The summed E-state index contributed by atoms with van der Waals surface area (Å²) in [6.45, 7) is 3.32. The molecule has 0 fully saturated rings. The zero-order valence-electron chi connectivity index (χ0n) is 8.47. The van der Waals surface area contributed by atoms with Crippen molar-refractivity contribution in [3.63, 3.8) is 0 Å². The number of halogens is 2. The van der Waals surface area contributed by atoms with Gasteiger partial charge in [-0.1, -0.05) is 6.07 Å². The zero-order valence-corrected chi connectivity index (χ0v) is 11.6. The van der Waals surface area contributed by atoms with Crippen LogP contribution < -0.4 is 11.1 Å². The highest BCUT2D eigenvalue weighted by Crippen LogP contribution is 2.30. The van der Waals surface area contributed by atoms with Crippen LogP contribution in [0.5, 0.6) is 0 Å². The lowest BCUT2D eigenvalue weighted by atomic mass is 10.1. The van der Waals surface area contributed by atoms with E-state index in [0.29, 0.717) is 5.69 Å². The number of carbonyl (C=O) groups excluding carboxylic acids is 1. The number of carbonyl (C=O) groups is 1. The Kier molecular flexibility index (Phi) is 3.92. The number of nitrogens with one attached hydrogen (secondary N) is 1. The molecule has 0 radical (unpaired) electrons. The van der Waals surface area contributed by atoms with Crippen molar-refractivity contribution in [2.75, 3.05) is 5.32 Å². The lowest BCUT2D eigenvalue weighted by molar-refractivity contribution is -0.120. The van der Waals surface area contributed by atoms with E-state index in [2.05, 4.69) is 37.2 Å². The predicted octanol–water partition coefficient (Wildman–Crippen LogP) is 2.89. The summed E-state index contributed by atoms with van der Waals surface area (Å²) in [6.07, 6.45) is 0. The van der Waals surface area contributed by atoms with E-state index in [-0.39, 0.29) is 5.91 Å². The third kappa shape index (κ3) is 3.29. The molecular weight excluding hydrogens is 324 g/mol. The first-order valence-electron chi connectivity index (χ1n) is 4.36. The fourth-order valence-corrected chi connectivity index (χ4v) is 2.09. The zero-order chi connectivity index (χ0) is 11.6. The van der Waals surface area contributed by atoms with Crippen LogP contribution in [0.2, 0.25) is 0 Å². The van der Waals surface area contributed by atoms with Gasteiger partial charge in [-0.25, -0.2) is 0 Å². The van der Waals surface area contributed by atoms with Gasteiger partial charge in [0, 0.05) is 8.95 Å². The molecule has 0 heterocycles. The summed E-state index contributed by atoms with van der Waals surface area (Å²) in [5.74, 6) is -0.227. The minimum Gasteiger partial charge on any atom is -0.323 e. The summed E-state index contributed by atoms with van der Waals surface area (Å²) in [7, 11) is 0. The largest absolute Gasteiger partial charge is 0.323 e. The highest BCUT2D eigenvalue weighted by molar-refractivity contribution is 9.11. The fourth-order valence-electron chi connectivity index (χ4n) is 0.892. The molecule has 0 bridgehead atoms. The van der Waals surface area contributed by atoms with Crippen molar-refractivity contribution >= 4 is 43.5 Å². The van der Waals surface area contributed by atoms with Crippen LogP contribution in [-0.2, 0) is 4.79 Å². The maximum atomic E-state index is 11.7. The quantitative estimate of drug-likeness (QED) is 0.873. The SMILES string of the molecule is CC(C)(N)C(=O)Nc1c(Br)cccc1Br. The molecule has 1 amide bonds. The Labute approximate surface area is 106 Å². The molecule has 82 valence electrons. The van der Waals surface area contributed by atoms with Crippen LogP contribution in [-0.4, -0.2) is 11.4 Å². The molecule has 3 N–H and O–H groups in total. The standard InChI is InChI=1S/C10H12Br2N2O/c1-10(2,13)9(15)14-8-6(11)4-3-5-7(8)12/h3-5H,13H2,1-2H3,(H,14,15). The van der Waals surface area contributed by atoms with E-state index < -0.39 is 5.54 Å². The third-order valence-corrected chi connectivity index (χ3v) is 3.11. The van der Waals surface area contributed by atoms with E-state index in [0.717, 1.165) is 8.95 Å². The van der Waals surface area contributed by atoms with Gasteiger partial charge in [0.05, 0.1) is 11.2 Å². The lowest BCUT2D eigenvalue weighted by Gasteiger charge is -2.19. The molecule has 15 heavy (non-hydrogen) atoms. The number of para-hydroxylation sites is 1. The predicted molar refractivity (Wildman–Crippen MR) is 68.7 cm³/mol. The average molecular weight is 336 g/mol.